The van der Waals surface area contributed by atoms with Gasteiger partial charge in [-0.1, -0.05) is 12.1 Å². The van der Waals surface area contributed by atoms with Crippen LogP contribution >= 0.6 is 0 Å². The molecular formula is C13H13N3O2. The number of hydrogen-bond donors (Lipinski definition) is 2. The Bertz CT molecular complexity index is 684. The molecule has 5 heteroatoms. The molecule has 0 aliphatic rings. The van der Waals surface area contributed by atoms with Crippen LogP contribution in [-0.4, -0.2) is 17.1 Å². The van der Waals surface area contributed by atoms with Crippen molar-refractivity contribution in [1.82, 2.24) is 9.97 Å². The van der Waals surface area contributed by atoms with Crippen molar-refractivity contribution < 1.29 is 9.15 Å². The minimum atomic E-state index is 0.379. The number of benzene rings is 1. The summed E-state index contributed by atoms with van der Waals surface area (Å²) in [6, 6.07) is 7.73. The summed E-state index contributed by atoms with van der Waals surface area (Å²) in [6.07, 6.45) is 1.71. The molecule has 92 valence electrons. The fourth-order valence-corrected chi connectivity index (χ4v) is 1.92. The number of para-hydroxylation sites is 1. The maximum atomic E-state index is 5.80. The molecule has 0 aliphatic carbocycles. The van der Waals surface area contributed by atoms with E-state index in [-0.39, 0.29) is 0 Å². The van der Waals surface area contributed by atoms with E-state index in [4.69, 9.17) is 14.9 Å². The molecule has 0 unspecified atom stereocenters. The zero-order valence-electron chi connectivity index (χ0n) is 9.93. The number of ether oxygens (including phenoxy) is 1. The number of nitrogens with two attached hydrogens (primary N) is 1. The Morgan fingerprint density at radius 2 is 2.33 bits per heavy atom. The molecule has 0 saturated heterocycles. The van der Waals surface area contributed by atoms with Gasteiger partial charge in [-0.3, -0.25) is 0 Å². The quantitative estimate of drug-likeness (QED) is 0.739. The summed E-state index contributed by atoms with van der Waals surface area (Å²) >= 11 is 0. The van der Waals surface area contributed by atoms with Gasteiger partial charge in [0.15, 0.2) is 17.1 Å². The highest BCUT2D eigenvalue weighted by atomic mass is 16.5. The molecule has 0 saturated carbocycles. The Kier molecular flexibility index (Phi) is 2.53. The number of rotatable bonds is 3. The highest BCUT2D eigenvalue weighted by Gasteiger charge is 2.11. The second-order valence-electron chi connectivity index (χ2n) is 3.94. The van der Waals surface area contributed by atoms with Crippen LogP contribution in [0.3, 0.4) is 0 Å². The summed E-state index contributed by atoms with van der Waals surface area (Å²) in [5, 5.41) is 0.994. The fraction of sp³-hybridized carbons (Fsp3) is 0.154. The molecule has 2 heterocycles. The van der Waals surface area contributed by atoms with Gasteiger partial charge < -0.3 is 19.9 Å². The van der Waals surface area contributed by atoms with Crippen LogP contribution in [0.1, 0.15) is 5.82 Å². The molecule has 0 aliphatic heterocycles. The Morgan fingerprint density at radius 3 is 3.06 bits per heavy atom. The van der Waals surface area contributed by atoms with E-state index in [9.17, 15) is 0 Å². The van der Waals surface area contributed by atoms with Gasteiger partial charge in [0.25, 0.3) is 0 Å². The molecule has 2 aromatic heterocycles. The third-order valence-electron chi connectivity index (χ3n) is 2.82. The Morgan fingerprint density at radius 1 is 1.44 bits per heavy atom. The summed E-state index contributed by atoms with van der Waals surface area (Å²) in [5.74, 6) is 2.18. The number of H-pyrrole nitrogens is 1. The number of nitrogens with one attached hydrogen (secondary N) is 1. The third-order valence-corrected chi connectivity index (χ3v) is 2.82. The van der Waals surface area contributed by atoms with Crippen molar-refractivity contribution >= 4 is 11.0 Å². The molecule has 5 nitrogen and oxygen atoms in total. The average molecular weight is 243 g/mol. The van der Waals surface area contributed by atoms with Crippen LogP contribution in [0.25, 0.3) is 22.4 Å². The highest BCUT2D eigenvalue weighted by Crippen LogP contribution is 2.32. The highest BCUT2D eigenvalue weighted by molar-refractivity contribution is 5.86. The molecule has 0 bridgehead atoms. The van der Waals surface area contributed by atoms with Gasteiger partial charge in [0.05, 0.1) is 19.9 Å². The van der Waals surface area contributed by atoms with Crippen molar-refractivity contribution in [2.75, 3.05) is 7.11 Å². The molecule has 0 amide bonds. The summed E-state index contributed by atoms with van der Waals surface area (Å²) < 4.78 is 11.1. The zero-order chi connectivity index (χ0) is 12.5. The van der Waals surface area contributed by atoms with Gasteiger partial charge in [-0.05, 0) is 12.1 Å². The van der Waals surface area contributed by atoms with Crippen LogP contribution < -0.4 is 10.5 Å². The number of aromatic nitrogens is 2. The number of fused-ring (bicyclic) bond motifs is 1. The number of hydrogen-bond acceptors (Lipinski definition) is 4. The second-order valence-corrected chi connectivity index (χ2v) is 3.94. The number of aromatic amines is 1. The van der Waals surface area contributed by atoms with E-state index in [0.717, 1.165) is 34.0 Å². The van der Waals surface area contributed by atoms with E-state index in [1.54, 1.807) is 13.3 Å². The normalized spacial score (nSPS) is 11.0. The van der Waals surface area contributed by atoms with Gasteiger partial charge in [-0.25, -0.2) is 4.98 Å². The predicted octanol–water partition coefficient (Wildman–Crippen LogP) is 2.29. The molecule has 0 atom stereocenters. The van der Waals surface area contributed by atoms with Crippen molar-refractivity contribution in [2.24, 2.45) is 5.73 Å². The lowest BCUT2D eigenvalue weighted by molar-refractivity contribution is 0.411. The first kappa shape index (κ1) is 10.9. The molecule has 0 spiro atoms. The monoisotopic (exact) mass is 243 g/mol. The molecule has 3 rings (SSSR count). The first-order chi connectivity index (χ1) is 8.81. The Hall–Kier alpha value is -2.27. The summed E-state index contributed by atoms with van der Waals surface area (Å²) in [5.41, 5.74) is 7.07. The average Bonchev–Trinajstić information content (AvgIpc) is 3.03. The van der Waals surface area contributed by atoms with Crippen molar-refractivity contribution in [2.45, 2.75) is 6.54 Å². The van der Waals surface area contributed by atoms with Crippen LogP contribution in [0.5, 0.6) is 5.75 Å². The van der Waals surface area contributed by atoms with Crippen molar-refractivity contribution in [1.29, 1.82) is 0 Å². The van der Waals surface area contributed by atoms with Crippen LogP contribution in [0.15, 0.2) is 34.9 Å². The standard InChI is InChI=1S/C13H13N3O2/c1-17-10-4-2-3-8-5-11(18-13(8)10)9-7-15-12(6-14)16-9/h2-5,7H,6,14H2,1H3,(H,15,16). The van der Waals surface area contributed by atoms with Crippen LogP contribution in [-0.2, 0) is 6.54 Å². The number of imidazole rings is 1. The van der Waals surface area contributed by atoms with Gasteiger partial charge in [-0.2, -0.15) is 0 Å². The van der Waals surface area contributed by atoms with Crippen molar-refractivity contribution in [3.8, 4) is 17.2 Å². The number of methoxy groups -OCH3 is 1. The maximum Gasteiger partial charge on any atom is 0.176 e. The van der Waals surface area contributed by atoms with E-state index in [1.165, 1.54) is 0 Å². The van der Waals surface area contributed by atoms with E-state index in [2.05, 4.69) is 9.97 Å². The van der Waals surface area contributed by atoms with Crippen LogP contribution in [0, 0.1) is 0 Å². The summed E-state index contributed by atoms with van der Waals surface area (Å²) in [4.78, 5) is 7.26. The molecule has 1 aromatic carbocycles. The van der Waals surface area contributed by atoms with Gasteiger partial charge >= 0.3 is 0 Å². The lowest BCUT2D eigenvalue weighted by atomic mass is 10.2. The Balaban J connectivity index is 2.13. The summed E-state index contributed by atoms with van der Waals surface area (Å²) in [6.45, 7) is 0.379. The first-order valence-electron chi connectivity index (χ1n) is 5.62. The smallest absolute Gasteiger partial charge is 0.176 e. The van der Waals surface area contributed by atoms with Crippen molar-refractivity contribution in [3.63, 3.8) is 0 Å². The Labute approximate surface area is 104 Å². The molecule has 3 aromatic rings. The first-order valence-corrected chi connectivity index (χ1v) is 5.62. The van der Waals surface area contributed by atoms with Crippen LogP contribution in [0.4, 0.5) is 0 Å². The molecule has 0 radical (unpaired) electrons. The van der Waals surface area contributed by atoms with Gasteiger partial charge in [0.2, 0.25) is 0 Å². The number of nitrogens with zero attached hydrogens (tertiary/aromatic N) is 1. The fourth-order valence-electron chi connectivity index (χ4n) is 1.92. The van der Waals surface area contributed by atoms with E-state index in [1.807, 2.05) is 24.3 Å². The topological polar surface area (TPSA) is 77.1 Å². The molecule has 18 heavy (non-hydrogen) atoms. The predicted molar refractivity (Wildman–Crippen MR) is 68.2 cm³/mol. The molecule has 3 N–H and O–H groups in total. The van der Waals surface area contributed by atoms with Crippen molar-refractivity contribution in [3.05, 3.63) is 36.3 Å². The molecule has 0 fully saturated rings. The maximum absolute atomic E-state index is 5.80. The lowest BCUT2D eigenvalue weighted by Gasteiger charge is -1.98. The molecular weight excluding hydrogens is 230 g/mol. The van der Waals surface area contributed by atoms with Crippen LogP contribution in [0.2, 0.25) is 0 Å². The van der Waals surface area contributed by atoms with Gasteiger partial charge in [0, 0.05) is 5.39 Å². The van der Waals surface area contributed by atoms with Gasteiger partial charge in [0.1, 0.15) is 11.5 Å². The largest absolute Gasteiger partial charge is 0.493 e. The third kappa shape index (κ3) is 1.65. The SMILES string of the molecule is COc1cccc2cc(-c3cnc(CN)[nH]3)oc12. The van der Waals surface area contributed by atoms with E-state index in [0.29, 0.717) is 6.54 Å². The van der Waals surface area contributed by atoms with E-state index >= 15 is 0 Å². The number of furan rings is 1. The van der Waals surface area contributed by atoms with E-state index < -0.39 is 0 Å². The zero-order valence-corrected chi connectivity index (χ0v) is 9.93. The minimum absolute atomic E-state index is 0.379. The van der Waals surface area contributed by atoms with Gasteiger partial charge in [-0.15, -0.1) is 0 Å². The summed E-state index contributed by atoms with van der Waals surface area (Å²) in [7, 11) is 1.62. The minimum Gasteiger partial charge on any atom is -0.493 e. The second kappa shape index (κ2) is 4.19. The lowest BCUT2D eigenvalue weighted by Crippen LogP contribution is -1.97.